The largest absolute Gasteiger partial charge is 0.461 e. The molecule has 1 aromatic carbocycles. The zero-order valence-electron chi connectivity index (χ0n) is 17.6. The van der Waals surface area contributed by atoms with Crippen molar-refractivity contribution in [1.29, 1.82) is 0 Å². The van der Waals surface area contributed by atoms with E-state index in [9.17, 15) is 14.4 Å². The van der Waals surface area contributed by atoms with Crippen LogP contribution in [0.3, 0.4) is 0 Å². The van der Waals surface area contributed by atoms with Crippen LogP contribution in [0, 0.1) is 12.8 Å². The van der Waals surface area contributed by atoms with Gasteiger partial charge in [0.2, 0.25) is 0 Å². The predicted molar refractivity (Wildman–Crippen MR) is 121 cm³/mol. The minimum absolute atomic E-state index is 0.0835. The molecule has 1 aliphatic rings. The van der Waals surface area contributed by atoms with E-state index >= 15 is 0 Å². The average Bonchev–Trinajstić information content (AvgIpc) is 3.08. The minimum Gasteiger partial charge on any atom is -0.461 e. The van der Waals surface area contributed by atoms with Gasteiger partial charge in [-0.05, 0) is 49.8 Å². The number of carbonyl (C=O) groups excluding carboxylic acids is 2. The highest BCUT2D eigenvalue weighted by Crippen LogP contribution is 2.28. The van der Waals surface area contributed by atoms with Gasteiger partial charge >= 0.3 is 5.97 Å². The van der Waals surface area contributed by atoms with Crippen molar-refractivity contribution < 1.29 is 14.3 Å². The van der Waals surface area contributed by atoms with Gasteiger partial charge in [-0.15, -0.1) is 11.3 Å². The second kappa shape index (κ2) is 9.01. The highest BCUT2D eigenvalue weighted by atomic mass is 32.1. The zero-order chi connectivity index (χ0) is 22.0. The van der Waals surface area contributed by atoms with Crippen LogP contribution in [0.5, 0.6) is 0 Å². The van der Waals surface area contributed by atoms with Crippen LogP contribution in [0.4, 0.5) is 5.69 Å². The van der Waals surface area contributed by atoms with E-state index in [2.05, 4.69) is 17.2 Å². The Morgan fingerprint density at radius 2 is 2.03 bits per heavy atom. The van der Waals surface area contributed by atoms with Crippen LogP contribution in [-0.4, -0.2) is 27.5 Å². The molecule has 3 aromatic rings. The van der Waals surface area contributed by atoms with Gasteiger partial charge in [0.15, 0.2) is 0 Å². The molecule has 7 nitrogen and oxygen atoms in total. The Kier molecular flexibility index (Phi) is 6.18. The lowest BCUT2D eigenvalue weighted by Gasteiger charge is -2.26. The summed E-state index contributed by atoms with van der Waals surface area (Å²) in [5, 5.41) is 3.20. The number of amides is 1. The smallest absolute Gasteiger partial charge is 0.326 e. The maximum atomic E-state index is 13.0. The molecule has 0 aliphatic heterocycles. The number of hydrogen-bond donors (Lipinski definition) is 1. The monoisotopic (exact) mass is 439 g/mol. The molecule has 0 radical (unpaired) electrons. The molecule has 0 bridgehead atoms. The number of para-hydroxylation sites is 1. The first-order valence-electron chi connectivity index (χ1n) is 10.5. The summed E-state index contributed by atoms with van der Waals surface area (Å²) >= 11 is 1.17. The fourth-order valence-electron chi connectivity index (χ4n) is 4.05. The van der Waals surface area contributed by atoms with Crippen molar-refractivity contribution in [2.24, 2.45) is 5.92 Å². The summed E-state index contributed by atoms with van der Waals surface area (Å²) in [6, 6.07) is 9.13. The number of ether oxygens (including phenoxy) is 1. The van der Waals surface area contributed by atoms with Crippen molar-refractivity contribution in [2.45, 2.75) is 52.2 Å². The Morgan fingerprint density at radius 3 is 2.77 bits per heavy atom. The van der Waals surface area contributed by atoms with Gasteiger partial charge in [-0.2, -0.15) is 0 Å². The molecule has 1 fully saturated rings. The topological polar surface area (TPSA) is 90.3 Å². The highest BCUT2D eigenvalue weighted by Gasteiger charge is 2.24. The first-order chi connectivity index (χ1) is 14.9. The molecule has 1 amide bonds. The van der Waals surface area contributed by atoms with Gasteiger partial charge in [0.1, 0.15) is 17.5 Å². The van der Waals surface area contributed by atoms with Crippen molar-refractivity contribution in [3.8, 4) is 0 Å². The lowest BCUT2D eigenvalue weighted by Crippen LogP contribution is -2.30. The van der Waals surface area contributed by atoms with Gasteiger partial charge in [0.05, 0.1) is 16.6 Å². The van der Waals surface area contributed by atoms with Gasteiger partial charge in [0, 0.05) is 5.69 Å². The van der Waals surface area contributed by atoms with Gasteiger partial charge in [-0.25, -0.2) is 4.98 Å². The number of fused-ring (bicyclic) bond motifs is 1. The summed E-state index contributed by atoms with van der Waals surface area (Å²) in [4.78, 5) is 43.4. The normalized spacial score (nSPS) is 18.6. The van der Waals surface area contributed by atoms with E-state index in [1.54, 1.807) is 19.1 Å². The number of nitrogens with one attached hydrogen (secondary N) is 1. The number of rotatable bonds is 5. The molecule has 2 atom stereocenters. The lowest BCUT2D eigenvalue weighted by atomic mass is 9.89. The van der Waals surface area contributed by atoms with E-state index in [0.717, 1.165) is 25.7 Å². The van der Waals surface area contributed by atoms with Crippen molar-refractivity contribution >= 4 is 39.1 Å². The molecule has 0 spiro atoms. The van der Waals surface area contributed by atoms with E-state index in [4.69, 9.17) is 4.74 Å². The molecule has 8 heteroatoms. The van der Waals surface area contributed by atoms with Crippen LogP contribution in [-0.2, 0) is 16.1 Å². The quantitative estimate of drug-likeness (QED) is 0.604. The Labute approximate surface area is 184 Å². The predicted octanol–water partition coefficient (Wildman–Crippen LogP) is 4.14. The summed E-state index contributed by atoms with van der Waals surface area (Å²) in [6.45, 7) is 3.70. The number of nitrogens with zero attached hydrogens (tertiary/aromatic N) is 2. The van der Waals surface area contributed by atoms with Crippen LogP contribution in [0.15, 0.2) is 41.5 Å². The van der Waals surface area contributed by atoms with Gasteiger partial charge in [0.25, 0.3) is 11.5 Å². The number of aryl methyl sites for hydroxylation is 1. The number of esters is 1. The first kappa shape index (κ1) is 21.2. The summed E-state index contributed by atoms with van der Waals surface area (Å²) < 4.78 is 6.84. The van der Waals surface area contributed by atoms with Crippen LogP contribution >= 0.6 is 11.3 Å². The van der Waals surface area contributed by atoms with Crippen molar-refractivity contribution in [2.75, 3.05) is 5.32 Å². The van der Waals surface area contributed by atoms with E-state index in [-0.39, 0.29) is 24.1 Å². The number of anilines is 1. The van der Waals surface area contributed by atoms with E-state index in [0.29, 0.717) is 32.3 Å². The number of benzene rings is 1. The molecule has 2 heterocycles. The molecule has 2 aromatic heterocycles. The fourth-order valence-corrected chi connectivity index (χ4v) is 5.08. The molecule has 0 saturated heterocycles. The molecule has 162 valence electrons. The molecular formula is C23H25N3O4S. The third kappa shape index (κ3) is 4.69. The zero-order valence-corrected chi connectivity index (χ0v) is 18.4. The highest BCUT2D eigenvalue weighted by molar-refractivity contribution is 7.20. The van der Waals surface area contributed by atoms with E-state index in [1.807, 2.05) is 18.2 Å². The van der Waals surface area contributed by atoms with Gasteiger partial charge < -0.3 is 10.1 Å². The van der Waals surface area contributed by atoms with Crippen molar-refractivity contribution in [3.63, 3.8) is 0 Å². The standard InChI is InChI=1S/C23H25N3O4S/c1-14-7-6-10-17(11-14)30-18(27)12-26-13-24-22-19(23(26)29)15(2)20(31-22)21(28)25-16-8-4-3-5-9-16/h3-5,8-9,13-14,17H,6-7,10-12H2,1-2H3,(H,25,28). The maximum absolute atomic E-state index is 13.0. The first-order valence-corrected chi connectivity index (χ1v) is 11.3. The Morgan fingerprint density at radius 1 is 1.26 bits per heavy atom. The second-order valence-electron chi connectivity index (χ2n) is 8.12. The number of carbonyl (C=O) groups is 2. The lowest BCUT2D eigenvalue weighted by molar-refractivity contribution is -0.152. The van der Waals surface area contributed by atoms with Crippen LogP contribution in [0.1, 0.15) is 47.8 Å². The third-order valence-corrected chi connectivity index (χ3v) is 6.84. The summed E-state index contributed by atoms with van der Waals surface area (Å²) in [7, 11) is 0. The average molecular weight is 440 g/mol. The molecule has 31 heavy (non-hydrogen) atoms. The number of aromatic nitrogens is 2. The number of hydrogen-bond acceptors (Lipinski definition) is 6. The fraction of sp³-hybridized carbons (Fsp3) is 0.391. The Bertz CT molecular complexity index is 1170. The molecule has 1 N–H and O–H groups in total. The summed E-state index contributed by atoms with van der Waals surface area (Å²) in [5.74, 6) is -0.179. The van der Waals surface area contributed by atoms with Crippen LogP contribution < -0.4 is 10.9 Å². The molecule has 2 unspecified atom stereocenters. The molecule has 4 rings (SSSR count). The van der Waals surface area contributed by atoms with E-state index in [1.165, 1.54) is 22.2 Å². The Balaban J connectivity index is 1.53. The minimum atomic E-state index is -0.433. The molecule has 1 aliphatic carbocycles. The van der Waals surface area contributed by atoms with Crippen molar-refractivity contribution in [3.05, 3.63) is 57.5 Å². The van der Waals surface area contributed by atoms with E-state index < -0.39 is 5.97 Å². The van der Waals surface area contributed by atoms with Gasteiger partial charge in [-0.1, -0.05) is 31.5 Å². The van der Waals surface area contributed by atoms with Crippen LogP contribution in [0.2, 0.25) is 0 Å². The third-order valence-electron chi connectivity index (χ3n) is 5.64. The van der Waals surface area contributed by atoms with Gasteiger partial charge in [-0.3, -0.25) is 19.0 Å². The molecular weight excluding hydrogens is 414 g/mol. The maximum Gasteiger partial charge on any atom is 0.326 e. The second-order valence-corrected chi connectivity index (χ2v) is 9.12. The Hall–Kier alpha value is -3.00. The SMILES string of the molecule is Cc1c(C(=O)Nc2ccccc2)sc2ncn(CC(=O)OC3CCCC(C)C3)c(=O)c12. The summed E-state index contributed by atoms with van der Waals surface area (Å²) in [5.41, 5.74) is 0.899. The van der Waals surface area contributed by atoms with Crippen LogP contribution in [0.25, 0.3) is 10.2 Å². The summed E-state index contributed by atoms with van der Waals surface area (Å²) in [6.07, 6.45) is 5.21. The molecule has 1 saturated carbocycles. The van der Waals surface area contributed by atoms with Crippen molar-refractivity contribution in [1.82, 2.24) is 9.55 Å². The number of thiophene rings is 1.